The molecule has 0 amide bonds. The minimum atomic E-state index is -0.666. The van der Waals surface area contributed by atoms with Crippen molar-refractivity contribution in [3.05, 3.63) is 71.0 Å². The van der Waals surface area contributed by atoms with Crippen LogP contribution in [-0.2, 0) is 6.42 Å². The summed E-state index contributed by atoms with van der Waals surface area (Å²) in [6.45, 7) is 1.30. The normalized spacial score (nSPS) is 18.2. The smallest absolute Gasteiger partial charge is 0.123 e. The van der Waals surface area contributed by atoms with Gasteiger partial charge in [-0.05, 0) is 35.2 Å². The molecule has 2 nitrogen and oxygen atoms in total. The van der Waals surface area contributed by atoms with E-state index in [0.29, 0.717) is 18.0 Å². The molecule has 104 valence electrons. The van der Waals surface area contributed by atoms with E-state index in [0.717, 1.165) is 13.0 Å². The Bertz CT molecular complexity index is 599. The Morgan fingerprint density at radius 2 is 2.05 bits per heavy atom. The number of benzene rings is 2. The van der Waals surface area contributed by atoms with Crippen molar-refractivity contribution in [2.45, 2.75) is 18.4 Å². The van der Waals surface area contributed by atoms with Gasteiger partial charge in [-0.1, -0.05) is 36.4 Å². The molecule has 2 aromatic rings. The minimum absolute atomic E-state index is 0.311. The van der Waals surface area contributed by atoms with Crippen LogP contribution in [0.3, 0.4) is 0 Å². The zero-order chi connectivity index (χ0) is 13.9. The first kappa shape index (κ1) is 13.3. The van der Waals surface area contributed by atoms with Gasteiger partial charge < -0.3 is 10.4 Å². The fraction of sp³-hybridized carbons (Fsp3) is 0.294. The zero-order valence-electron chi connectivity index (χ0n) is 11.2. The van der Waals surface area contributed by atoms with Crippen LogP contribution in [-0.4, -0.2) is 18.2 Å². The maximum absolute atomic E-state index is 13.1. The predicted octanol–water partition coefficient (Wildman–Crippen LogP) is 2.79. The largest absolute Gasteiger partial charge is 0.387 e. The summed E-state index contributed by atoms with van der Waals surface area (Å²) in [6, 6.07) is 14.6. The van der Waals surface area contributed by atoms with Crippen LogP contribution in [0, 0.1) is 5.82 Å². The fourth-order valence-electron chi connectivity index (χ4n) is 2.77. The van der Waals surface area contributed by atoms with Gasteiger partial charge in [0.15, 0.2) is 0 Å². The molecule has 0 spiro atoms. The van der Waals surface area contributed by atoms with Crippen molar-refractivity contribution < 1.29 is 9.50 Å². The number of rotatable bonds is 5. The number of halogens is 1. The molecule has 20 heavy (non-hydrogen) atoms. The van der Waals surface area contributed by atoms with Crippen molar-refractivity contribution in [1.29, 1.82) is 0 Å². The number of nitrogens with one attached hydrogen (secondary N) is 1. The highest BCUT2D eigenvalue weighted by atomic mass is 19.1. The monoisotopic (exact) mass is 271 g/mol. The summed E-state index contributed by atoms with van der Waals surface area (Å²) >= 11 is 0. The zero-order valence-corrected chi connectivity index (χ0v) is 11.2. The van der Waals surface area contributed by atoms with Crippen LogP contribution in [0.15, 0.2) is 48.5 Å². The molecule has 0 aliphatic heterocycles. The predicted molar refractivity (Wildman–Crippen MR) is 77.1 cm³/mol. The molecular weight excluding hydrogens is 253 g/mol. The van der Waals surface area contributed by atoms with Gasteiger partial charge in [0, 0.05) is 19.0 Å². The van der Waals surface area contributed by atoms with Gasteiger partial charge in [-0.3, -0.25) is 0 Å². The molecule has 2 atom stereocenters. The number of aliphatic hydroxyl groups is 1. The fourth-order valence-corrected chi connectivity index (χ4v) is 2.77. The van der Waals surface area contributed by atoms with Gasteiger partial charge in [0.05, 0.1) is 6.10 Å². The van der Waals surface area contributed by atoms with Gasteiger partial charge in [-0.25, -0.2) is 4.39 Å². The lowest BCUT2D eigenvalue weighted by atomic mass is 9.77. The van der Waals surface area contributed by atoms with E-state index >= 15 is 0 Å². The third kappa shape index (κ3) is 2.74. The Hall–Kier alpha value is -1.71. The van der Waals surface area contributed by atoms with E-state index in [1.165, 1.54) is 23.3 Å². The highest BCUT2D eigenvalue weighted by Crippen LogP contribution is 2.34. The summed E-state index contributed by atoms with van der Waals surface area (Å²) in [6.07, 6.45) is 0.431. The standard InChI is InChI=1S/C17H18FNO/c18-15-6-3-5-13(9-15)17(20)11-19-10-14-8-12-4-1-2-7-16(12)14/h1-7,9,14,17,19-20H,8,10-11H2. The Morgan fingerprint density at radius 3 is 2.85 bits per heavy atom. The average Bonchev–Trinajstić information content (AvgIpc) is 2.43. The highest BCUT2D eigenvalue weighted by molar-refractivity contribution is 5.40. The molecule has 0 bridgehead atoms. The van der Waals surface area contributed by atoms with Gasteiger partial charge in [-0.15, -0.1) is 0 Å². The van der Waals surface area contributed by atoms with Crippen LogP contribution in [0.1, 0.15) is 28.7 Å². The quantitative estimate of drug-likeness (QED) is 0.876. The van der Waals surface area contributed by atoms with E-state index in [1.54, 1.807) is 12.1 Å². The van der Waals surface area contributed by atoms with Crippen LogP contribution >= 0.6 is 0 Å². The van der Waals surface area contributed by atoms with Crippen LogP contribution in [0.25, 0.3) is 0 Å². The average molecular weight is 271 g/mol. The van der Waals surface area contributed by atoms with Crippen molar-refractivity contribution in [2.75, 3.05) is 13.1 Å². The molecule has 3 rings (SSSR count). The Labute approximate surface area is 118 Å². The van der Waals surface area contributed by atoms with E-state index in [9.17, 15) is 9.50 Å². The molecule has 0 saturated heterocycles. The van der Waals surface area contributed by atoms with Crippen molar-refractivity contribution in [2.24, 2.45) is 0 Å². The summed E-state index contributed by atoms with van der Waals surface area (Å²) in [5, 5.41) is 13.3. The molecule has 0 heterocycles. The third-order valence-electron chi connectivity index (χ3n) is 3.92. The first-order valence-corrected chi connectivity index (χ1v) is 6.96. The number of fused-ring (bicyclic) bond motifs is 1. The maximum atomic E-state index is 13.1. The second kappa shape index (κ2) is 5.73. The second-order valence-electron chi connectivity index (χ2n) is 5.33. The first-order valence-electron chi connectivity index (χ1n) is 6.96. The minimum Gasteiger partial charge on any atom is -0.387 e. The molecule has 0 fully saturated rings. The molecule has 1 aliphatic carbocycles. The van der Waals surface area contributed by atoms with Gasteiger partial charge >= 0.3 is 0 Å². The second-order valence-corrected chi connectivity index (χ2v) is 5.33. The van der Waals surface area contributed by atoms with Gasteiger partial charge in [0.1, 0.15) is 5.82 Å². The van der Waals surface area contributed by atoms with E-state index in [4.69, 9.17) is 0 Å². The lowest BCUT2D eigenvalue weighted by molar-refractivity contribution is 0.173. The molecule has 0 radical (unpaired) electrons. The lowest BCUT2D eigenvalue weighted by Gasteiger charge is -2.30. The highest BCUT2D eigenvalue weighted by Gasteiger charge is 2.24. The molecule has 2 aromatic carbocycles. The summed E-state index contributed by atoms with van der Waals surface area (Å²) in [4.78, 5) is 0. The summed E-state index contributed by atoms with van der Waals surface area (Å²) in [5.74, 6) is 0.223. The van der Waals surface area contributed by atoms with Crippen molar-refractivity contribution in [1.82, 2.24) is 5.32 Å². The molecule has 0 saturated carbocycles. The Morgan fingerprint density at radius 1 is 1.20 bits per heavy atom. The number of hydrogen-bond acceptors (Lipinski definition) is 2. The number of hydrogen-bond donors (Lipinski definition) is 2. The van der Waals surface area contributed by atoms with Crippen LogP contribution < -0.4 is 5.32 Å². The first-order chi connectivity index (χ1) is 9.74. The van der Waals surface area contributed by atoms with E-state index < -0.39 is 6.10 Å². The summed E-state index contributed by atoms with van der Waals surface area (Å²) in [5.41, 5.74) is 3.44. The molecule has 3 heteroatoms. The van der Waals surface area contributed by atoms with Crippen LogP contribution in [0.2, 0.25) is 0 Å². The Balaban J connectivity index is 1.49. The molecular formula is C17H18FNO. The van der Waals surface area contributed by atoms with Crippen molar-refractivity contribution in [3.8, 4) is 0 Å². The SMILES string of the molecule is OC(CNCC1Cc2ccccc21)c1cccc(F)c1. The van der Waals surface area contributed by atoms with Gasteiger partial charge in [0.25, 0.3) is 0 Å². The summed E-state index contributed by atoms with van der Waals surface area (Å²) in [7, 11) is 0. The van der Waals surface area contributed by atoms with Crippen LogP contribution in [0.5, 0.6) is 0 Å². The maximum Gasteiger partial charge on any atom is 0.123 e. The molecule has 2 unspecified atom stereocenters. The Kier molecular flexibility index (Phi) is 3.81. The lowest BCUT2D eigenvalue weighted by Crippen LogP contribution is -2.31. The van der Waals surface area contributed by atoms with Gasteiger partial charge in [0.2, 0.25) is 0 Å². The third-order valence-corrected chi connectivity index (χ3v) is 3.92. The van der Waals surface area contributed by atoms with E-state index in [2.05, 4.69) is 29.6 Å². The molecule has 0 aromatic heterocycles. The van der Waals surface area contributed by atoms with Crippen molar-refractivity contribution >= 4 is 0 Å². The van der Waals surface area contributed by atoms with Crippen molar-refractivity contribution in [3.63, 3.8) is 0 Å². The van der Waals surface area contributed by atoms with Gasteiger partial charge in [-0.2, -0.15) is 0 Å². The van der Waals surface area contributed by atoms with E-state index in [-0.39, 0.29) is 5.82 Å². The molecule has 2 N–H and O–H groups in total. The topological polar surface area (TPSA) is 32.3 Å². The molecule has 1 aliphatic rings. The number of aliphatic hydroxyl groups excluding tert-OH is 1. The van der Waals surface area contributed by atoms with E-state index in [1.807, 2.05) is 0 Å². The summed E-state index contributed by atoms with van der Waals surface area (Å²) < 4.78 is 13.1. The van der Waals surface area contributed by atoms with Crippen LogP contribution in [0.4, 0.5) is 4.39 Å².